The van der Waals surface area contributed by atoms with E-state index in [0.29, 0.717) is 11.6 Å². The molecule has 3 aromatic heterocycles. The van der Waals surface area contributed by atoms with Gasteiger partial charge in [-0.2, -0.15) is 5.10 Å². The molecule has 3 rings (SSSR count). The Labute approximate surface area is 126 Å². The Balaban J connectivity index is 2.03. The van der Waals surface area contributed by atoms with Crippen LogP contribution in [0.1, 0.15) is 6.42 Å². The first-order chi connectivity index (χ1) is 10.7. The smallest absolute Gasteiger partial charge is 0.305 e. The Kier molecular flexibility index (Phi) is 3.86. The van der Waals surface area contributed by atoms with Crippen LogP contribution in [0.15, 0.2) is 49.1 Å². The Bertz CT molecular complexity index is 771. The van der Waals surface area contributed by atoms with E-state index in [2.05, 4.69) is 20.1 Å². The van der Waals surface area contributed by atoms with Crippen LogP contribution in [0.5, 0.6) is 0 Å². The number of aryl methyl sites for hydroxylation is 1. The molecule has 0 unspecified atom stereocenters. The summed E-state index contributed by atoms with van der Waals surface area (Å²) in [6.07, 6.45) is 6.64. The topological polar surface area (TPSA) is 93.8 Å². The molecule has 0 aromatic carbocycles. The third-order valence-electron chi connectivity index (χ3n) is 3.09. The average Bonchev–Trinajstić information content (AvgIpc) is 2.99. The van der Waals surface area contributed by atoms with E-state index in [0.717, 1.165) is 11.1 Å². The summed E-state index contributed by atoms with van der Waals surface area (Å²) < 4.78 is 1.61. The Morgan fingerprint density at radius 1 is 1.00 bits per heavy atom. The summed E-state index contributed by atoms with van der Waals surface area (Å²) >= 11 is 0. The van der Waals surface area contributed by atoms with Crippen LogP contribution in [-0.2, 0) is 11.3 Å². The lowest BCUT2D eigenvalue weighted by Gasteiger charge is -2.03. The summed E-state index contributed by atoms with van der Waals surface area (Å²) in [5.74, 6) is 0.289. The fourth-order valence-corrected chi connectivity index (χ4v) is 2.04. The van der Waals surface area contributed by atoms with Crippen LogP contribution in [0.25, 0.3) is 22.8 Å². The maximum atomic E-state index is 10.8. The summed E-state index contributed by atoms with van der Waals surface area (Å²) in [5, 5.41) is 13.3. The van der Waals surface area contributed by atoms with Gasteiger partial charge in [-0.25, -0.2) is 9.67 Å². The normalized spacial score (nSPS) is 10.5. The Morgan fingerprint density at radius 3 is 2.18 bits per heavy atom. The van der Waals surface area contributed by atoms with Crippen molar-refractivity contribution in [1.29, 1.82) is 0 Å². The highest BCUT2D eigenvalue weighted by molar-refractivity contribution is 5.67. The molecule has 0 saturated carbocycles. The van der Waals surface area contributed by atoms with Crippen molar-refractivity contribution >= 4 is 5.97 Å². The van der Waals surface area contributed by atoms with Gasteiger partial charge in [-0.15, -0.1) is 0 Å². The summed E-state index contributed by atoms with van der Waals surface area (Å²) in [5.41, 5.74) is 1.67. The van der Waals surface area contributed by atoms with E-state index >= 15 is 0 Å². The zero-order chi connectivity index (χ0) is 15.4. The van der Waals surface area contributed by atoms with Crippen molar-refractivity contribution in [1.82, 2.24) is 24.7 Å². The minimum Gasteiger partial charge on any atom is -0.481 e. The van der Waals surface area contributed by atoms with Gasteiger partial charge in [0.05, 0.1) is 13.0 Å². The summed E-state index contributed by atoms with van der Waals surface area (Å²) in [6, 6.07) is 7.26. The zero-order valence-electron chi connectivity index (χ0n) is 11.6. The molecule has 3 aromatic rings. The molecule has 0 fully saturated rings. The molecular formula is C15H13N5O2. The number of hydrogen-bond acceptors (Lipinski definition) is 5. The maximum Gasteiger partial charge on any atom is 0.305 e. The average molecular weight is 295 g/mol. The molecule has 0 bridgehead atoms. The quantitative estimate of drug-likeness (QED) is 0.772. The first-order valence-corrected chi connectivity index (χ1v) is 6.71. The molecule has 0 aliphatic heterocycles. The van der Waals surface area contributed by atoms with Crippen LogP contribution in [0.2, 0.25) is 0 Å². The molecule has 110 valence electrons. The minimum absolute atomic E-state index is 0.0166. The number of aliphatic carboxylic acids is 1. The number of carboxylic acid groups (broad SMARTS) is 1. The summed E-state index contributed by atoms with van der Waals surface area (Å²) in [4.78, 5) is 23.3. The van der Waals surface area contributed by atoms with E-state index in [1.807, 2.05) is 24.3 Å². The number of carbonyl (C=O) groups is 1. The molecule has 1 N–H and O–H groups in total. The Morgan fingerprint density at radius 2 is 1.59 bits per heavy atom. The van der Waals surface area contributed by atoms with Gasteiger partial charge in [0.1, 0.15) is 0 Å². The second-order valence-electron chi connectivity index (χ2n) is 4.60. The predicted octanol–water partition coefficient (Wildman–Crippen LogP) is 1.88. The molecule has 0 atom stereocenters. The van der Waals surface area contributed by atoms with Crippen LogP contribution in [-0.4, -0.2) is 35.8 Å². The molecule has 7 heteroatoms. The van der Waals surface area contributed by atoms with E-state index in [1.54, 1.807) is 29.5 Å². The number of pyridine rings is 2. The number of carboxylic acids is 1. The first-order valence-electron chi connectivity index (χ1n) is 6.71. The molecule has 3 heterocycles. The summed E-state index contributed by atoms with van der Waals surface area (Å²) in [7, 11) is 0. The molecule has 0 radical (unpaired) electrons. The van der Waals surface area contributed by atoms with Gasteiger partial charge in [-0.1, -0.05) is 0 Å². The summed E-state index contributed by atoms with van der Waals surface area (Å²) in [6.45, 7) is 0.255. The predicted molar refractivity (Wildman–Crippen MR) is 78.7 cm³/mol. The van der Waals surface area contributed by atoms with Crippen molar-refractivity contribution in [2.24, 2.45) is 0 Å². The van der Waals surface area contributed by atoms with Gasteiger partial charge in [0.15, 0.2) is 11.6 Å². The first kappa shape index (κ1) is 13.9. The molecular weight excluding hydrogens is 282 g/mol. The van der Waals surface area contributed by atoms with Gasteiger partial charge < -0.3 is 5.11 Å². The second kappa shape index (κ2) is 6.13. The van der Waals surface area contributed by atoms with Crippen molar-refractivity contribution in [3.8, 4) is 22.8 Å². The zero-order valence-corrected chi connectivity index (χ0v) is 11.6. The highest BCUT2D eigenvalue weighted by atomic mass is 16.4. The lowest BCUT2D eigenvalue weighted by atomic mass is 10.2. The molecule has 0 saturated heterocycles. The maximum absolute atomic E-state index is 10.8. The minimum atomic E-state index is -0.873. The van der Waals surface area contributed by atoms with Crippen LogP contribution in [0.3, 0.4) is 0 Å². The number of hydrogen-bond donors (Lipinski definition) is 1. The fourth-order valence-electron chi connectivity index (χ4n) is 2.04. The highest BCUT2D eigenvalue weighted by Crippen LogP contribution is 2.21. The van der Waals surface area contributed by atoms with Crippen molar-refractivity contribution in [3.63, 3.8) is 0 Å². The van der Waals surface area contributed by atoms with Crippen molar-refractivity contribution < 1.29 is 9.90 Å². The van der Waals surface area contributed by atoms with Crippen LogP contribution in [0.4, 0.5) is 0 Å². The number of aromatic nitrogens is 5. The van der Waals surface area contributed by atoms with Crippen molar-refractivity contribution in [2.45, 2.75) is 13.0 Å². The van der Waals surface area contributed by atoms with Crippen LogP contribution in [0, 0.1) is 0 Å². The molecule has 0 amide bonds. The van der Waals surface area contributed by atoms with Crippen LogP contribution < -0.4 is 0 Å². The molecule has 22 heavy (non-hydrogen) atoms. The monoisotopic (exact) mass is 295 g/mol. The SMILES string of the molecule is O=C(O)CCn1nc(-c2ccncc2)nc1-c1ccncc1. The van der Waals surface area contributed by atoms with E-state index in [9.17, 15) is 4.79 Å². The Hall–Kier alpha value is -3.09. The van der Waals surface area contributed by atoms with Crippen LogP contribution >= 0.6 is 0 Å². The largest absolute Gasteiger partial charge is 0.481 e. The van der Waals surface area contributed by atoms with E-state index in [4.69, 9.17) is 5.11 Å². The van der Waals surface area contributed by atoms with Gasteiger partial charge in [-0.05, 0) is 24.3 Å². The lowest BCUT2D eigenvalue weighted by Crippen LogP contribution is -2.07. The van der Waals surface area contributed by atoms with Crippen molar-refractivity contribution in [3.05, 3.63) is 49.1 Å². The van der Waals surface area contributed by atoms with E-state index in [1.165, 1.54) is 0 Å². The molecule has 7 nitrogen and oxygen atoms in total. The highest BCUT2D eigenvalue weighted by Gasteiger charge is 2.14. The van der Waals surface area contributed by atoms with Gasteiger partial charge in [0.2, 0.25) is 0 Å². The third-order valence-corrected chi connectivity index (χ3v) is 3.09. The van der Waals surface area contributed by atoms with Gasteiger partial charge in [0, 0.05) is 35.9 Å². The molecule has 0 aliphatic carbocycles. The van der Waals surface area contributed by atoms with E-state index < -0.39 is 5.97 Å². The molecule has 0 aliphatic rings. The third kappa shape index (κ3) is 2.98. The standard InChI is InChI=1S/C15H13N5O2/c21-13(22)5-10-20-15(12-3-8-17-9-4-12)18-14(19-20)11-1-6-16-7-2-11/h1-4,6-9H,5,10H2,(H,21,22). The number of nitrogens with zero attached hydrogens (tertiary/aromatic N) is 5. The lowest BCUT2D eigenvalue weighted by molar-refractivity contribution is -0.137. The number of rotatable bonds is 5. The fraction of sp³-hybridized carbons (Fsp3) is 0.133. The second-order valence-corrected chi connectivity index (χ2v) is 4.60. The van der Waals surface area contributed by atoms with Gasteiger partial charge in [0.25, 0.3) is 0 Å². The molecule has 0 spiro atoms. The van der Waals surface area contributed by atoms with Gasteiger partial charge >= 0.3 is 5.97 Å². The van der Waals surface area contributed by atoms with E-state index in [-0.39, 0.29) is 13.0 Å². The van der Waals surface area contributed by atoms with Gasteiger partial charge in [-0.3, -0.25) is 14.8 Å². The van der Waals surface area contributed by atoms with Crippen molar-refractivity contribution in [2.75, 3.05) is 0 Å².